The minimum atomic E-state index is -0.879. The zero-order valence-electron chi connectivity index (χ0n) is 38.0. The molecule has 0 aliphatic carbocycles. The predicted octanol–water partition coefficient (Wildman–Crippen LogP) is 15.5. The molecule has 0 rings (SSSR count). The third kappa shape index (κ3) is 45.5. The Morgan fingerprint density at radius 3 is 1.19 bits per heavy atom. The van der Waals surface area contributed by atoms with E-state index in [2.05, 4.69) is 141 Å². The molecule has 0 aliphatic heterocycles. The largest absolute Gasteiger partial charge is 0.394 e. The Morgan fingerprint density at radius 1 is 0.424 bits per heavy atom. The number of unbranched alkanes of at least 4 members (excludes halogenated alkanes) is 14. The minimum Gasteiger partial charge on any atom is -0.394 e. The van der Waals surface area contributed by atoms with Crippen LogP contribution in [0.1, 0.15) is 187 Å². The quantitative estimate of drug-likeness (QED) is 0.0425. The fourth-order valence-corrected chi connectivity index (χ4v) is 6.24. The van der Waals surface area contributed by atoms with Crippen LogP contribution in [0.15, 0.2) is 134 Å². The number of hydrogen-bond acceptors (Lipinski definition) is 3. The molecule has 4 nitrogen and oxygen atoms in total. The smallest absolute Gasteiger partial charge is 0.220 e. The first-order valence-electron chi connectivity index (χ1n) is 23.9. The van der Waals surface area contributed by atoms with Crippen LogP contribution in [-0.2, 0) is 4.79 Å². The monoisotopic (exact) mass is 812 g/mol. The molecule has 0 spiro atoms. The van der Waals surface area contributed by atoms with E-state index in [0.717, 1.165) is 103 Å². The van der Waals surface area contributed by atoms with Crippen molar-refractivity contribution in [2.75, 3.05) is 6.61 Å². The van der Waals surface area contributed by atoms with Gasteiger partial charge in [0.1, 0.15) is 0 Å². The fourth-order valence-electron chi connectivity index (χ4n) is 6.24. The van der Waals surface area contributed by atoms with Gasteiger partial charge < -0.3 is 15.5 Å². The maximum Gasteiger partial charge on any atom is 0.220 e. The Balaban J connectivity index is 3.73. The van der Waals surface area contributed by atoms with Crippen LogP contribution in [0.5, 0.6) is 0 Å². The Labute approximate surface area is 364 Å². The standard InChI is InChI=1S/C55H89NO3/c1-3-5-7-9-11-13-15-17-19-20-21-22-23-24-25-26-27-28-29-30-31-32-33-34-35-36-37-39-41-43-45-47-49-51-55(59)56-53(52-57)54(58)50-48-46-44-42-40-38-18-16-14-12-10-8-6-4-2/h5,7,11,13,17,19,21-22,24-25,27-28,30-31,33-34,36-37,40,42,48,50,53-54,57-58H,3-4,6,8-10,12,14-16,18,20,23,26,29,32,35,38-39,41,43-47,49,51-52H2,1-2H3,(H,56,59)/b7-5-,13-11-,19-17-,22-21-,25-24-,28-27-,31-30-,34-33-,37-36-,42-40+,50-48+. The molecule has 1 amide bonds. The van der Waals surface area contributed by atoms with E-state index < -0.39 is 12.1 Å². The summed E-state index contributed by atoms with van der Waals surface area (Å²) in [5, 5.41) is 23.0. The molecular weight excluding hydrogens is 723 g/mol. The van der Waals surface area contributed by atoms with E-state index >= 15 is 0 Å². The van der Waals surface area contributed by atoms with Crippen molar-refractivity contribution < 1.29 is 15.0 Å². The van der Waals surface area contributed by atoms with Gasteiger partial charge in [-0.25, -0.2) is 0 Å². The SMILES string of the molecule is CC/C=C\C/C=C\C/C=C\C/C=C\C/C=C\C/C=C\C/C=C\C/C=C\C/C=C\CCCCCCCC(=O)NC(CO)C(O)/C=C/CC/C=C/CCCCCCCCCC. The number of nitrogens with one attached hydrogen (secondary N) is 1. The summed E-state index contributed by atoms with van der Waals surface area (Å²) >= 11 is 0. The first-order valence-corrected chi connectivity index (χ1v) is 23.9. The lowest BCUT2D eigenvalue weighted by Gasteiger charge is -2.19. The third-order valence-electron chi connectivity index (χ3n) is 9.87. The third-order valence-corrected chi connectivity index (χ3v) is 9.87. The molecule has 0 aromatic heterocycles. The molecule has 0 aromatic rings. The fraction of sp³-hybridized carbons (Fsp3) is 0.582. The number of allylic oxidation sites excluding steroid dienone is 21. The Bertz CT molecular complexity index is 1240. The summed E-state index contributed by atoms with van der Waals surface area (Å²) < 4.78 is 0. The summed E-state index contributed by atoms with van der Waals surface area (Å²) in [6.07, 6.45) is 77.1. The normalized spacial score (nSPS) is 14.2. The van der Waals surface area contributed by atoms with Crippen LogP contribution in [0.25, 0.3) is 0 Å². The number of hydrogen-bond donors (Lipinski definition) is 3. The highest BCUT2D eigenvalue weighted by atomic mass is 16.3. The van der Waals surface area contributed by atoms with Gasteiger partial charge in [0, 0.05) is 6.42 Å². The average Bonchev–Trinajstić information content (AvgIpc) is 3.24. The van der Waals surface area contributed by atoms with E-state index in [4.69, 9.17) is 0 Å². The maximum absolute atomic E-state index is 12.4. The van der Waals surface area contributed by atoms with Crippen LogP contribution >= 0.6 is 0 Å². The molecule has 332 valence electrons. The van der Waals surface area contributed by atoms with Crippen molar-refractivity contribution in [1.82, 2.24) is 5.32 Å². The molecule has 4 heteroatoms. The van der Waals surface area contributed by atoms with Crippen LogP contribution in [0.2, 0.25) is 0 Å². The number of rotatable bonds is 41. The van der Waals surface area contributed by atoms with Crippen LogP contribution in [0.3, 0.4) is 0 Å². The summed E-state index contributed by atoms with van der Waals surface area (Å²) in [4.78, 5) is 12.4. The summed E-state index contributed by atoms with van der Waals surface area (Å²) in [7, 11) is 0. The molecular formula is C55H89NO3. The van der Waals surface area contributed by atoms with E-state index in [1.54, 1.807) is 6.08 Å². The molecule has 0 heterocycles. The van der Waals surface area contributed by atoms with Gasteiger partial charge in [-0.3, -0.25) is 4.79 Å². The van der Waals surface area contributed by atoms with Crippen molar-refractivity contribution in [1.29, 1.82) is 0 Å². The van der Waals surface area contributed by atoms with Gasteiger partial charge in [0.25, 0.3) is 0 Å². The summed E-state index contributed by atoms with van der Waals surface area (Å²) in [5.41, 5.74) is 0. The van der Waals surface area contributed by atoms with E-state index in [1.165, 1.54) is 64.2 Å². The zero-order valence-corrected chi connectivity index (χ0v) is 38.0. The number of aliphatic hydroxyl groups excluding tert-OH is 2. The average molecular weight is 812 g/mol. The van der Waals surface area contributed by atoms with E-state index in [9.17, 15) is 15.0 Å². The summed E-state index contributed by atoms with van der Waals surface area (Å²) in [6, 6.07) is -0.659. The van der Waals surface area contributed by atoms with Crippen molar-refractivity contribution in [3.63, 3.8) is 0 Å². The highest BCUT2D eigenvalue weighted by molar-refractivity contribution is 5.76. The van der Waals surface area contributed by atoms with Crippen molar-refractivity contribution in [2.24, 2.45) is 0 Å². The van der Waals surface area contributed by atoms with Gasteiger partial charge in [0.15, 0.2) is 0 Å². The second-order valence-electron chi connectivity index (χ2n) is 15.4. The van der Waals surface area contributed by atoms with Gasteiger partial charge in [0.05, 0.1) is 18.8 Å². The predicted molar refractivity (Wildman–Crippen MR) is 262 cm³/mol. The van der Waals surface area contributed by atoms with Gasteiger partial charge in [-0.2, -0.15) is 0 Å². The molecule has 2 atom stereocenters. The molecule has 0 aliphatic rings. The molecule has 0 radical (unpaired) electrons. The number of carbonyl (C=O) groups is 1. The van der Waals surface area contributed by atoms with Gasteiger partial charge in [0.2, 0.25) is 5.91 Å². The zero-order chi connectivity index (χ0) is 42.8. The topological polar surface area (TPSA) is 69.6 Å². The second-order valence-corrected chi connectivity index (χ2v) is 15.4. The Hall–Kier alpha value is -3.47. The molecule has 59 heavy (non-hydrogen) atoms. The lowest BCUT2D eigenvalue weighted by molar-refractivity contribution is -0.123. The molecule has 2 unspecified atom stereocenters. The van der Waals surface area contributed by atoms with Crippen molar-refractivity contribution in [3.05, 3.63) is 134 Å². The first-order chi connectivity index (χ1) is 29.2. The molecule has 0 fully saturated rings. The van der Waals surface area contributed by atoms with Crippen LogP contribution in [0.4, 0.5) is 0 Å². The van der Waals surface area contributed by atoms with Crippen molar-refractivity contribution in [2.45, 2.75) is 199 Å². The van der Waals surface area contributed by atoms with Gasteiger partial charge in [-0.1, -0.05) is 212 Å². The summed E-state index contributed by atoms with van der Waals surface area (Å²) in [5.74, 6) is -0.100. The lowest BCUT2D eigenvalue weighted by Crippen LogP contribution is -2.45. The van der Waals surface area contributed by atoms with Gasteiger partial charge in [-0.05, 0) is 103 Å². The Kier molecular flexibility index (Phi) is 46.0. The number of aliphatic hydroxyl groups is 2. The number of amides is 1. The molecule has 0 bridgehead atoms. The second kappa shape index (κ2) is 48.9. The molecule has 3 N–H and O–H groups in total. The summed E-state index contributed by atoms with van der Waals surface area (Å²) in [6.45, 7) is 4.15. The lowest BCUT2D eigenvalue weighted by atomic mass is 10.1. The van der Waals surface area contributed by atoms with Crippen LogP contribution < -0.4 is 5.32 Å². The molecule has 0 saturated heterocycles. The number of carbonyl (C=O) groups excluding carboxylic acids is 1. The Morgan fingerprint density at radius 2 is 0.763 bits per heavy atom. The van der Waals surface area contributed by atoms with Gasteiger partial charge >= 0.3 is 0 Å². The van der Waals surface area contributed by atoms with E-state index in [1.807, 2.05) is 6.08 Å². The molecule has 0 saturated carbocycles. The molecule has 0 aromatic carbocycles. The first kappa shape index (κ1) is 55.5. The van der Waals surface area contributed by atoms with Crippen molar-refractivity contribution >= 4 is 5.91 Å². The van der Waals surface area contributed by atoms with Crippen LogP contribution in [-0.4, -0.2) is 34.9 Å². The van der Waals surface area contributed by atoms with Crippen LogP contribution in [0, 0.1) is 0 Å². The van der Waals surface area contributed by atoms with E-state index in [0.29, 0.717) is 6.42 Å². The van der Waals surface area contributed by atoms with E-state index in [-0.39, 0.29) is 12.5 Å². The van der Waals surface area contributed by atoms with Gasteiger partial charge in [-0.15, -0.1) is 0 Å². The highest BCUT2D eigenvalue weighted by Gasteiger charge is 2.17. The minimum absolute atomic E-state index is 0.100. The highest BCUT2D eigenvalue weighted by Crippen LogP contribution is 2.11. The van der Waals surface area contributed by atoms with Crippen molar-refractivity contribution in [3.8, 4) is 0 Å². The maximum atomic E-state index is 12.4.